The first-order chi connectivity index (χ1) is 29.7. The normalized spacial score (nSPS) is 11.7. The molecular weight excluding hydrogens is 735 g/mol. The van der Waals surface area contributed by atoms with E-state index in [-0.39, 0.29) is 0 Å². The number of fused-ring (bicyclic) bond motifs is 7. The van der Waals surface area contributed by atoms with E-state index in [1.807, 2.05) is 36.4 Å². The largest absolute Gasteiger partial charge is 0.456 e. The number of furan rings is 1. The van der Waals surface area contributed by atoms with Crippen molar-refractivity contribution in [2.45, 2.75) is 0 Å². The lowest BCUT2D eigenvalue weighted by Gasteiger charge is -2.26. The van der Waals surface area contributed by atoms with E-state index in [1.54, 1.807) is 0 Å². The number of hydrogen-bond donors (Lipinski definition) is 0. The van der Waals surface area contributed by atoms with Crippen molar-refractivity contribution in [3.8, 4) is 39.4 Å². The minimum Gasteiger partial charge on any atom is -0.456 e. The molecule has 0 aliphatic carbocycles. The van der Waals surface area contributed by atoms with Gasteiger partial charge in [0.15, 0.2) is 5.58 Å². The van der Waals surface area contributed by atoms with Crippen molar-refractivity contribution in [2.75, 3.05) is 4.90 Å². The van der Waals surface area contributed by atoms with Crippen molar-refractivity contribution in [2.24, 2.45) is 0 Å². The highest BCUT2D eigenvalue weighted by molar-refractivity contribution is 6.11. The first-order valence-corrected chi connectivity index (χ1v) is 20.2. The topological polar surface area (TPSA) is 47.3 Å². The maximum Gasteiger partial charge on any atom is 0.227 e. The standard InChI is InChI=1S/C55H35N3O2/c1-4-13-36(14-5-1)39-17-12-20-43(31-39)57(44-28-29-46-45-21-10-11-22-50(45)58(51(46)33-44)41-18-8-3-9-19-41)42-26-23-37(24-27-42)40-25-30-52-47(32-40)48-34-54-49(35-53(48)59-52)56-55(60-54)38-15-6-2-7-16-38/h1-35H. The van der Waals surface area contributed by atoms with E-state index < -0.39 is 0 Å². The number of nitrogens with zero attached hydrogens (tertiary/aromatic N) is 3. The Morgan fingerprint density at radius 2 is 0.967 bits per heavy atom. The Labute approximate surface area is 345 Å². The van der Waals surface area contributed by atoms with Gasteiger partial charge in [0.1, 0.15) is 16.7 Å². The molecule has 12 rings (SSSR count). The van der Waals surface area contributed by atoms with Gasteiger partial charge in [0.2, 0.25) is 5.89 Å². The molecule has 0 unspecified atom stereocenters. The quantitative estimate of drug-likeness (QED) is 0.162. The molecule has 0 saturated heterocycles. The second kappa shape index (κ2) is 13.8. The zero-order chi connectivity index (χ0) is 39.6. The summed E-state index contributed by atoms with van der Waals surface area (Å²) in [5, 5.41) is 4.48. The van der Waals surface area contributed by atoms with Crippen LogP contribution in [-0.4, -0.2) is 9.55 Å². The van der Waals surface area contributed by atoms with Crippen molar-refractivity contribution in [3.05, 3.63) is 212 Å². The average molecular weight is 770 g/mol. The molecule has 0 aliphatic rings. The molecule has 0 N–H and O–H groups in total. The highest BCUT2D eigenvalue weighted by Crippen LogP contribution is 2.42. The van der Waals surface area contributed by atoms with Gasteiger partial charge in [0.25, 0.3) is 0 Å². The van der Waals surface area contributed by atoms with Crippen LogP contribution in [-0.2, 0) is 0 Å². The van der Waals surface area contributed by atoms with Crippen LogP contribution < -0.4 is 4.90 Å². The SMILES string of the molecule is c1ccc(-c2cccc(N(c3ccc(-c4ccc5oc6cc7nc(-c8ccccc8)oc7cc6c5c4)cc3)c3ccc4c5ccccc5n(-c5ccccc5)c4c3)c2)cc1. The maximum atomic E-state index is 6.35. The Balaban J connectivity index is 0.974. The molecule has 5 heteroatoms. The molecule has 5 nitrogen and oxygen atoms in total. The van der Waals surface area contributed by atoms with E-state index in [0.717, 1.165) is 83.6 Å². The molecule has 0 atom stereocenters. The summed E-state index contributed by atoms with van der Waals surface area (Å²) in [5.74, 6) is 0.600. The van der Waals surface area contributed by atoms with Crippen LogP contribution in [0.5, 0.6) is 0 Å². The molecule has 0 saturated carbocycles. The van der Waals surface area contributed by atoms with Gasteiger partial charge in [-0.2, -0.15) is 0 Å². The lowest BCUT2D eigenvalue weighted by Crippen LogP contribution is -2.10. The van der Waals surface area contributed by atoms with Crippen molar-refractivity contribution in [3.63, 3.8) is 0 Å². The lowest BCUT2D eigenvalue weighted by atomic mass is 10.0. The molecule has 282 valence electrons. The highest BCUT2D eigenvalue weighted by Gasteiger charge is 2.19. The molecule has 0 fully saturated rings. The van der Waals surface area contributed by atoms with Gasteiger partial charge in [-0.25, -0.2) is 4.98 Å². The first kappa shape index (κ1) is 33.9. The van der Waals surface area contributed by atoms with Gasteiger partial charge >= 0.3 is 0 Å². The molecule has 0 amide bonds. The van der Waals surface area contributed by atoms with Crippen molar-refractivity contribution >= 4 is 71.9 Å². The Morgan fingerprint density at radius 3 is 1.78 bits per heavy atom. The van der Waals surface area contributed by atoms with Crippen LogP contribution in [0.25, 0.3) is 94.2 Å². The number of rotatable bonds is 7. The number of hydrogen-bond acceptors (Lipinski definition) is 4. The number of oxazole rings is 1. The molecule has 3 heterocycles. The van der Waals surface area contributed by atoms with Gasteiger partial charge in [0.05, 0.1) is 11.0 Å². The van der Waals surface area contributed by atoms with Gasteiger partial charge in [-0.05, 0) is 107 Å². The van der Waals surface area contributed by atoms with E-state index in [0.29, 0.717) is 5.89 Å². The minimum atomic E-state index is 0.600. The maximum absolute atomic E-state index is 6.35. The fourth-order valence-corrected chi connectivity index (χ4v) is 8.74. The molecule has 0 bridgehead atoms. The molecule has 3 aromatic heterocycles. The van der Waals surface area contributed by atoms with Gasteiger partial charge in [-0.1, -0.05) is 121 Å². The van der Waals surface area contributed by atoms with Gasteiger partial charge in [-0.15, -0.1) is 0 Å². The van der Waals surface area contributed by atoms with Crippen molar-refractivity contribution < 1.29 is 8.83 Å². The molecular formula is C55H35N3O2. The third-order valence-electron chi connectivity index (χ3n) is 11.6. The zero-order valence-electron chi connectivity index (χ0n) is 32.4. The third kappa shape index (κ3) is 5.67. The van der Waals surface area contributed by atoms with Gasteiger partial charge in [0, 0.05) is 55.9 Å². The molecule has 12 aromatic rings. The van der Waals surface area contributed by atoms with Crippen LogP contribution in [0.4, 0.5) is 17.1 Å². The van der Waals surface area contributed by atoms with Crippen LogP contribution in [0.2, 0.25) is 0 Å². The number of anilines is 3. The Bertz CT molecular complexity index is 3530. The Morgan fingerprint density at radius 1 is 0.350 bits per heavy atom. The van der Waals surface area contributed by atoms with E-state index in [9.17, 15) is 0 Å². The lowest BCUT2D eigenvalue weighted by molar-refractivity contribution is 0.620. The molecule has 0 aliphatic heterocycles. The minimum absolute atomic E-state index is 0.600. The number of para-hydroxylation sites is 2. The fourth-order valence-electron chi connectivity index (χ4n) is 8.74. The predicted octanol–water partition coefficient (Wildman–Crippen LogP) is 15.3. The van der Waals surface area contributed by atoms with Crippen LogP contribution in [0.1, 0.15) is 0 Å². The second-order valence-electron chi connectivity index (χ2n) is 15.2. The first-order valence-electron chi connectivity index (χ1n) is 20.2. The summed E-state index contributed by atoms with van der Waals surface area (Å²) >= 11 is 0. The van der Waals surface area contributed by atoms with Gasteiger partial charge < -0.3 is 18.3 Å². The fraction of sp³-hybridized carbons (Fsp3) is 0. The zero-order valence-corrected chi connectivity index (χ0v) is 32.4. The summed E-state index contributed by atoms with van der Waals surface area (Å²) in [6.07, 6.45) is 0. The van der Waals surface area contributed by atoms with Crippen LogP contribution in [0.3, 0.4) is 0 Å². The Hall–Kier alpha value is -8.15. The van der Waals surface area contributed by atoms with Crippen molar-refractivity contribution in [1.82, 2.24) is 9.55 Å². The molecule has 60 heavy (non-hydrogen) atoms. The summed E-state index contributed by atoms with van der Waals surface area (Å²) in [6.45, 7) is 0. The van der Waals surface area contributed by atoms with Crippen LogP contribution >= 0.6 is 0 Å². The number of benzene rings is 9. The van der Waals surface area contributed by atoms with E-state index in [2.05, 4.69) is 185 Å². The van der Waals surface area contributed by atoms with Crippen LogP contribution in [0, 0.1) is 0 Å². The van der Waals surface area contributed by atoms with E-state index >= 15 is 0 Å². The molecule has 0 radical (unpaired) electrons. The smallest absolute Gasteiger partial charge is 0.227 e. The summed E-state index contributed by atoms with van der Waals surface area (Å²) in [6, 6.07) is 74.9. The summed E-state index contributed by atoms with van der Waals surface area (Å²) in [4.78, 5) is 7.13. The predicted molar refractivity (Wildman–Crippen MR) is 247 cm³/mol. The monoisotopic (exact) mass is 769 g/mol. The van der Waals surface area contributed by atoms with Gasteiger partial charge in [-0.3, -0.25) is 0 Å². The summed E-state index contributed by atoms with van der Waals surface area (Å²) in [7, 11) is 0. The molecule has 0 spiro atoms. The molecule has 9 aromatic carbocycles. The van der Waals surface area contributed by atoms with Crippen molar-refractivity contribution in [1.29, 1.82) is 0 Å². The summed E-state index contributed by atoms with van der Waals surface area (Å²) in [5.41, 5.74) is 15.3. The summed E-state index contributed by atoms with van der Waals surface area (Å²) < 4.78 is 15.0. The van der Waals surface area contributed by atoms with Crippen LogP contribution in [0.15, 0.2) is 221 Å². The Kier molecular flexibility index (Phi) is 7.78. The van der Waals surface area contributed by atoms with E-state index in [4.69, 9.17) is 13.8 Å². The third-order valence-corrected chi connectivity index (χ3v) is 11.6. The van der Waals surface area contributed by atoms with E-state index in [1.165, 1.54) is 21.9 Å². The average Bonchev–Trinajstić information content (AvgIpc) is 4.00. The number of aromatic nitrogens is 2. The second-order valence-corrected chi connectivity index (χ2v) is 15.2. The highest BCUT2D eigenvalue weighted by atomic mass is 16.4.